The summed E-state index contributed by atoms with van der Waals surface area (Å²) in [7, 11) is 1.64. The van der Waals surface area contributed by atoms with Gasteiger partial charge in [-0.25, -0.2) is 0 Å². The topological polar surface area (TPSA) is 41.9 Å². The maximum Gasteiger partial charge on any atom is 0.126 e. The fraction of sp³-hybridized carbons (Fsp3) is 0.429. The fourth-order valence-corrected chi connectivity index (χ4v) is 4.25. The minimum atomic E-state index is -0.511. The molecule has 2 aliphatic heterocycles. The van der Waals surface area contributed by atoms with Crippen molar-refractivity contribution in [3.05, 3.63) is 59.7 Å². The lowest BCUT2D eigenvalue weighted by molar-refractivity contribution is -0.00784. The zero-order valence-electron chi connectivity index (χ0n) is 14.8. The number of nitrogens with zero attached hydrogens (tertiary/aromatic N) is 1. The van der Waals surface area contributed by atoms with Crippen LogP contribution in [0.5, 0.6) is 11.5 Å². The molecule has 2 aromatic carbocycles. The number of rotatable bonds is 3. The Morgan fingerprint density at radius 1 is 1.20 bits per heavy atom. The lowest BCUT2D eigenvalue weighted by Crippen LogP contribution is -2.43. The molecule has 4 rings (SSSR count). The van der Waals surface area contributed by atoms with Crippen molar-refractivity contribution in [1.82, 2.24) is 4.90 Å². The van der Waals surface area contributed by atoms with Gasteiger partial charge in [0, 0.05) is 37.5 Å². The van der Waals surface area contributed by atoms with E-state index in [1.165, 1.54) is 5.56 Å². The van der Waals surface area contributed by atoms with Crippen molar-refractivity contribution in [3.8, 4) is 11.5 Å². The number of methoxy groups -OCH3 is 1. The van der Waals surface area contributed by atoms with E-state index in [0.29, 0.717) is 12.5 Å². The molecule has 0 bridgehead atoms. The second-order valence-corrected chi connectivity index (χ2v) is 7.35. The van der Waals surface area contributed by atoms with Crippen molar-refractivity contribution in [2.24, 2.45) is 0 Å². The van der Waals surface area contributed by atoms with Crippen molar-refractivity contribution in [3.63, 3.8) is 0 Å². The maximum atomic E-state index is 10.7. The minimum absolute atomic E-state index is 0.310. The summed E-state index contributed by atoms with van der Waals surface area (Å²) in [4.78, 5) is 2.45. The average molecular weight is 339 g/mol. The molecule has 4 heteroatoms. The number of hydrogen-bond acceptors (Lipinski definition) is 4. The normalized spacial score (nSPS) is 28.6. The summed E-state index contributed by atoms with van der Waals surface area (Å²) in [6, 6.07) is 16.6. The molecule has 0 aromatic heterocycles. The highest BCUT2D eigenvalue weighted by Gasteiger charge is 2.48. The minimum Gasteiger partial charge on any atom is -0.497 e. The van der Waals surface area contributed by atoms with Gasteiger partial charge in [0.25, 0.3) is 0 Å². The van der Waals surface area contributed by atoms with Crippen LogP contribution in [-0.4, -0.2) is 35.3 Å². The van der Waals surface area contributed by atoms with E-state index in [0.717, 1.165) is 36.6 Å². The smallest absolute Gasteiger partial charge is 0.126 e. The summed E-state index contributed by atoms with van der Waals surface area (Å²) in [5.41, 5.74) is 1.84. The van der Waals surface area contributed by atoms with E-state index in [-0.39, 0.29) is 5.60 Å². The number of benzene rings is 2. The van der Waals surface area contributed by atoms with E-state index >= 15 is 0 Å². The summed E-state index contributed by atoms with van der Waals surface area (Å²) in [5.74, 6) is 1.54. The van der Waals surface area contributed by atoms with Gasteiger partial charge in [-0.15, -0.1) is 0 Å². The monoisotopic (exact) mass is 339 g/mol. The van der Waals surface area contributed by atoms with Gasteiger partial charge in [0.15, 0.2) is 0 Å². The first kappa shape index (κ1) is 16.4. The molecule has 2 unspecified atom stereocenters. The Morgan fingerprint density at radius 3 is 2.76 bits per heavy atom. The third-order valence-electron chi connectivity index (χ3n) is 5.48. The van der Waals surface area contributed by atoms with Crippen LogP contribution in [0.3, 0.4) is 0 Å². The Balaban J connectivity index is 1.55. The summed E-state index contributed by atoms with van der Waals surface area (Å²) < 4.78 is 11.7. The molecular weight excluding hydrogens is 314 g/mol. The first-order valence-corrected chi connectivity index (χ1v) is 8.91. The Morgan fingerprint density at radius 2 is 2.00 bits per heavy atom. The first-order chi connectivity index (χ1) is 12.1. The number of likely N-dealkylation sites (tertiary alicyclic amines) is 1. The molecule has 0 radical (unpaired) electrons. The molecular formula is C21H25NO3. The Kier molecular flexibility index (Phi) is 4.18. The number of fused-ring (bicyclic) bond motifs is 1. The van der Waals surface area contributed by atoms with Crippen molar-refractivity contribution in [2.75, 3.05) is 13.7 Å². The SMILES string of the molecule is COc1ccc2c(c1)[C@@H](O)CC1(CC(C)N(Cc3ccccc3)C1)O2. The van der Waals surface area contributed by atoms with E-state index in [4.69, 9.17) is 9.47 Å². The number of aliphatic hydroxyl groups is 1. The largest absolute Gasteiger partial charge is 0.497 e. The van der Waals surface area contributed by atoms with E-state index in [1.807, 2.05) is 24.3 Å². The first-order valence-electron chi connectivity index (χ1n) is 8.91. The summed E-state index contributed by atoms with van der Waals surface area (Å²) >= 11 is 0. The maximum absolute atomic E-state index is 10.7. The lowest BCUT2D eigenvalue weighted by Gasteiger charge is -2.38. The van der Waals surface area contributed by atoms with Gasteiger partial charge in [-0.05, 0) is 30.7 Å². The molecule has 1 saturated heterocycles. The Hall–Kier alpha value is -2.04. The molecule has 2 heterocycles. The molecule has 0 aliphatic carbocycles. The van der Waals surface area contributed by atoms with Crippen molar-refractivity contribution in [1.29, 1.82) is 0 Å². The molecule has 25 heavy (non-hydrogen) atoms. The molecule has 132 valence electrons. The number of aliphatic hydroxyl groups excluding tert-OH is 1. The highest BCUT2D eigenvalue weighted by molar-refractivity contribution is 5.44. The molecule has 0 saturated carbocycles. The lowest BCUT2D eigenvalue weighted by atomic mass is 9.87. The molecule has 4 nitrogen and oxygen atoms in total. The summed E-state index contributed by atoms with van der Waals surface area (Å²) in [5, 5.41) is 10.7. The predicted octanol–water partition coefficient (Wildman–Crippen LogP) is 3.54. The van der Waals surface area contributed by atoms with Gasteiger partial charge in [-0.1, -0.05) is 30.3 Å². The molecule has 2 aromatic rings. The van der Waals surface area contributed by atoms with Crippen molar-refractivity contribution >= 4 is 0 Å². The van der Waals surface area contributed by atoms with Gasteiger partial charge in [0.05, 0.1) is 13.2 Å². The van der Waals surface area contributed by atoms with Gasteiger partial charge in [0.2, 0.25) is 0 Å². The van der Waals surface area contributed by atoms with Crippen LogP contribution in [0.1, 0.15) is 37.0 Å². The Bertz CT molecular complexity index is 748. The zero-order chi connectivity index (χ0) is 17.4. The molecule has 3 atom stereocenters. The van der Waals surface area contributed by atoms with Crippen LogP contribution >= 0.6 is 0 Å². The van der Waals surface area contributed by atoms with Gasteiger partial charge in [-0.2, -0.15) is 0 Å². The zero-order valence-corrected chi connectivity index (χ0v) is 14.8. The highest BCUT2D eigenvalue weighted by Crippen LogP contribution is 2.46. The molecule has 1 spiro atoms. The number of ether oxygens (including phenoxy) is 2. The highest BCUT2D eigenvalue weighted by atomic mass is 16.5. The van der Waals surface area contributed by atoms with Crippen molar-refractivity contribution in [2.45, 2.75) is 44.1 Å². The molecule has 1 N–H and O–H groups in total. The van der Waals surface area contributed by atoms with Crippen molar-refractivity contribution < 1.29 is 14.6 Å². The standard InChI is InChI=1S/C21H25NO3/c1-15-11-21(14-22(15)13-16-6-4-3-5-7-16)12-19(23)18-10-17(24-2)8-9-20(18)25-21/h3-10,15,19,23H,11-14H2,1-2H3/t15?,19-,21?/m0/s1. The van der Waals surface area contributed by atoms with E-state index in [1.54, 1.807) is 7.11 Å². The summed E-state index contributed by atoms with van der Waals surface area (Å²) in [6.07, 6.45) is 1.05. The molecule has 1 fully saturated rings. The average Bonchev–Trinajstić information content (AvgIpc) is 2.90. The quantitative estimate of drug-likeness (QED) is 0.929. The van der Waals surface area contributed by atoms with Crippen LogP contribution in [0, 0.1) is 0 Å². The molecule has 2 aliphatic rings. The fourth-order valence-electron chi connectivity index (χ4n) is 4.25. The van der Waals surface area contributed by atoms with Crippen LogP contribution in [0.15, 0.2) is 48.5 Å². The second-order valence-electron chi connectivity index (χ2n) is 7.35. The number of hydrogen-bond donors (Lipinski definition) is 1. The van der Waals surface area contributed by atoms with Crippen LogP contribution in [-0.2, 0) is 6.54 Å². The van der Waals surface area contributed by atoms with Gasteiger partial charge in [-0.3, -0.25) is 4.90 Å². The van der Waals surface area contributed by atoms with Crippen LogP contribution < -0.4 is 9.47 Å². The van der Waals surface area contributed by atoms with Crippen LogP contribution in [0.25, 0.3) is 0 Å². The van der Waals surface area contributed by atoms with Gasteiger partial charge < -0.3 is 14.6 Å². The summed E-state index contributed by atoms with van der Waals surface area (Å²) in [6.45, 7) is 4.00. The van der Waals surface area contributed by atoms with Gasteiger partial charge >= 0.3 is 0 Å². The van der Waals surface area contributed by atoms with Crippen LogP contribution in [0.2, 0.25) is 0 Å². The molecule has 0 amide bonds. The second kappa shape index (κ2) is 6.36. The van der Waals surface area contributed by atoms with Gasteiger partial charge in [0.1, 0.15) is 17.1 Å². The van der Waals surface area contributed by atoms with E-state index in [9.17, 15) is 5.11 Å². The van der Waals surface area contributed by atoms with E-state index < -0.39 is 6.10 Å². The van der Waals surface area contributed by atoms with Crippen LogP contribution in [0.4, 0.5) is 0 Å². The third kappa shape index (κ3) is 3.12. The Labute approximate surface area is 149 Å². The third-order valence-corrected chi connectivity index (χ3v) is 5.48. The predicted molar refractivity (Wildman–Crippen MR) is 96.9 cm³/mol. The van der Waals surface area contributed by atoms with E-state index in [2.05, 4.69) is 36.1 Å².